The molecule has 4 aromatic carbocycles. The number of amides is 2. The molecule has 62 heavy (non-hydrogen) atoms. The number of carbonyl (C=O) groups is 3. The Labute approximate surface area is 369 Å². The van der Waals surface area contributed by atoms with E-state index in [9.17, 15) is 24.6 Å². The molecule has 13 nitrogen and oxygen atoms in total. The van der Waals surface area contributed by atoms with E-state index < -0.39 is 72.3 Å². The lowest BCUT2D eigenvalue weighted by atomic mass is 9.87. The summed E-state index contributed by atoms with van der Waals surface area (Å²) in [7, 11) is 1.48. The van der Waals surface area contributed by atoms with E-state index in [1.54, 1.807) is 0 Å². The van der Waals surface area contributed by atoms with Gasteiger partial charge >= 0.3 is 6.09 Å². The van der Waals surface area contributed by atoms with Gasteiger partial charge in [-0.15, -0.1) is 0 Å². The number of carbonyl (C=O) groups excluding carboxylic acids is 3. The van der Waals surface area contributed by atoms with Crippen LogP contribution in [-0.2, 0) is 68.8 Å². The van der Waals surface area contributed by atoms with Crippen LogP contribution >= 0.6 is 15.9 Å². The van der Waals surface area contributed by atoms with Crippen LogP contribution in [0.15, 0.2) is 132 Å². The Hall–Kier alpha value is -4.61. The number of hydrogen-bond acceptors (Lipinski definition) is 12. The molecule has 328 valence electrons. The monoisotopic (exact) mass is 913 g/mol. The van der Waals surface area contributed by atoms with Crippen LogP contribution in [0.4, 0.5) is 4.79 Å². The lowest BCUT2D eigenvalue weighted by Crippen LogP contribution is -2.61. The fourth-order valence-corrected chi connectivity index (χ4v) is 8.60. The molecule has 3 aliphatic rings. The van der Waals surface area contributed by atoms with Gasteiger partial charge in [0.1, 0.15) is 37.1 Å². The van der Waals surface area contributed by atoms with Crippen LogP contribution in [0, 0.1) is 5.92 Å². The molecule has 0 aromatic heterocycles. The van der Waals surface area contributed by atoms with E-state index in [1.807, 2.05) is 121 Å². The maximum atomic E-state index is 14.6. The van der Waals surface area contributed by atoms with Crippen LogP contribution in [0.25, 0.3) is 0 Å². The molecule has 0 aliphatic carbocycles. The Morgan fingerprint density at radius 2 is 1.37 bits per heavy atom. The van der Waals surface area contributed by atoms with Crippen molar-refractivity contribution in [1.82, 2.24) is 4.90 Å². The Bertz CT molecular complexity index is 2090. The highest BCUT2D eigenvalue weighted by Crippen LogP contribution is 2.38. The van der Waals surface area contributed by atoms with Crippen molar-refractivity contribution in [3.63, 3.8) is 0 Å². The van der Waals surface area contributed by atoms with Crippen molar-refractivity contribution < 1.29 is 57.8 Å². The molecule has 3 heterocycles. The van der Waals surface area contributed by atoms with Gasteiger partial charge in [-0.1, -0.05) is 121 Å². The molecule has 0 bridgehead atoms. The molecule has 14 heteroatoms. The second-order valence-corrected chi connectivity index (χ2v) is 16.4. The van der Waals surface area contributed by atoms with Crippen LogP contribution in [-0.4, -0.2) is 108 Å². The highest BCUT2D eigenvalue weighted by Gasteiger charge is 2.51. The quantitative estimate of drug-likeness (QED) is 0.105. The number of ketones is 1. The van der Waals surface area contributed by atoms with Gasteiger partial charge in [-0.05, 0) is 63.5 Å². The SMILES string of the molecule is CO[C@H]1O[C@H](CO)[C@@H](OCc2ccccc2)[C@H](OCc2ccccc2)[C@@H]1OCCC[C@@]1(O)O[C@@H]([C@@H](Cc2ccccc2)C(=O)N2C(=O)OC[C@@H]2Cc2ccccc2)C(=O)C=C1Br. The molecule has 0 saturated carbocycles. The number of aliphatic hydroxyl groups excluding tert-OH is 1. The Balaban J connectivity index is 1.07. The van der Waals surface area contributed by atoms with Gasteiger partial charge in [-0.2, -0.15) is 0 Å². The Kier molecular flexibility index (Phi) is 15.9. The number of aliphatic hydroxyl groups is 2. The van der Waals surface area contributed by atoms with Gasteiger partial charge in [0.15, 0.2) is 17.9 Å². The van der Waals surface area contributed by atoms with E-state index in [0.29, 0.717) is 6.42 Å². The first-order chi connectivity index (χ1) is 30.2. The van der Waals surface area contributed by atoms with Crippen molar-refractivity contribution >= 4 is 33.7 Å². The number of hydrogen-bond donors (Lipinski definition) is 2. The zero-order valence-corrected chi connectivity index (χ0v) is 36.0. The molecule has 9 atom stereocenters. The number of halogens is 1. The molecule has 2 N–H and O–H groups in total. The first-order valence-corrected chi connectivity index (χ1v) is 21.6. The number of ether oxygens (including phenoxy) is 7. The maximum absolute atomic E-state index is 14.6. The van der Waals surface area contributed by atoms with Crippen LogP contribution in [0.5, 0.6) is 0 Å². The molecule has 3 aliphatic heterocycles. The second-order valence-electron chi connectivity index (χ2n) is 15.6. The molecule has 2 saturated heterocycles. The minimum Gasteiger partial charge on any atom is -0.447 e. The van der Waals surface area contributed by atoms with Crippen LogP contribution in [0.1, 0.15) is 35.1 Å². The summed E-state index contributed by atoms with van der Waals surface area (Å²) in [6, 6.07) is 37.2. The summed E-state index contributed by atoms with van der Waals surface area (Å²) in [5.74, 6) is -4.41. The zero-order chi connectivity index (χ0) is 43.5. The normalized spacial score (nSPS) is 26.8. The summed E-state index contributed by atoms with van der Waals surface area (Å²) in [6.45, 7) is 0.137. The minimum absolute atomic E-state index is 0.00104. The molecular weight excluding hydrogens is 862 g/mol. The molecule has 0 spiro atoms. The lowest BCUT2D eigenvalue weighted by Gasteiger charge is -2.45. The minimum atomic E-state index is -2.04. The molecular formula is C48H52BrNO12. The topological polar surface area (TPSA) is 160 Å². The van der Waals surface area contributed by atoms with Gasteiger partial charge in [0.25, 0.3) is 0 Å². The third-order valence-corrected chi connectivity index (χ3v) is 12.1. The third-order valence-electron chi connectivity index (χ3n) is 11.3. The zero-order valence-electron chi connectivity index (χ0n) is 34.4. The van der Waals surface area contributed by atoms with Gasteiger partial charge in [0.05, 0.1) is 36.3 Å². The maximum Gasteiger partial charge on any atom is 0.416 e. The van der Waals surface area contributed by atoms with Crippen molar-refractivity contribution in [1.29, 1.82) is 0 Å². The number of rotatable bonds is 19. The standard InChI is InChI=1S/C48H52BrNO12/c1-56-46-44(43(59-30-35-21-12-5-13-22-35)42(39(28-51)61-46)58-29-34-19-10-4-11-20-34)57-24-14-23-48(55)40(49)27-38(52)41(62-48)37(26-33-17-8-3-9-18-33)45(53)50-36(31-60-47(50)54)25-32-15-6-2-7-16-32/h2-13,15-22,27,36-37,39,41-44,46,51,55H,14,23-26,28-31H2,1H3/t36-,37+,39+,41-,42+,43-,44-,46-,48+/m0/s1. The summed E-state index contributed by atoms with van der Waals surface area (Å²) >= 11 is 3.37. The summed E-state index contributed by atoms with van der Waals surface area (Å²) in [6.07, 6.45) is -4.54. The highest BCUT2D eigenvalue weighted by atomic mass is 79.9. The van der Waals surface area contributed by atoms with Gasteiger partial charge in [-0.3, -0.25) is 9.59 Å². The fourth-order valence-electron chi connectivity index (χ4n) is 8.09. The molecule has 2 fully saturated rings. The smallest absolute Gasteiger partial charge is 0.416 e. The van der Waals surface area contributed by atoms with Crippen molar-refractivity contribution in [3.05, 3.63) is 154 Å². The van der Waals surface area contributed by atoms with Crippen LogP contribution in [0.2, 0.25) is 0 Å². The first-order valence-electron chi connectivity index (χ1n) is 20.8. The Morgan fingerprint density at radius 1 is 0.806 bits per heavy atom. The van der Waals surface area contributed by atoms with Crippen molar-refractivity contribution in [2.24, 2.45) is 5.92 Å². The lowest BCUT2D eigenvalue weighted by molar-refractivity contribution is -0.320. The van der Waals surface area contributed by atoms with Gasteiger partial charge < -0.3 is 43.4 Å². The molecule has 0 radical (unpaired) electrons. The van der Waals surface area contributed by atoms with E-state index >= 15 is 0 Å². The van der Waals surface area contributed by atoms with E-state index in [0.717, 1.165) is 27.2 Å². The second kappa shape index (κ2) is 21.7. The fraction of sp³-hybridized carbons (Fsp3) is 0.396. The molecule has 0 unspecified atom stereocenters. The van der Waals surface area contributed by atoms with Crippen LogP contribution in [0.3, 0.4) is 0 Å². The summed E-state index contributed by atoms with van der Waals surface area (Å²) in [5.41, 5.74) is 3.49. The number of cyclic esters (lactones) is 1. The van der Waals surface area contributed by atoms with Crippen molar-refractivity contribution in [2.75, 3.05) is 26.9 Å². The van der Waals surface area contributed by atoms with Gasteiger partial charge in [0, 0.05) is 20.1 Å². The van der Waals surface area contributed by atoms with Gasteiger partial charge in [-0.25, -0.2) is 9.69 Å². The molecule has 2 amide bonds. The first kappa shape index (κ1) is 45.4. The number of methoxy groups -OCH3 is 1. The van der Waals surface area contributed by atoms with Crippen LogP contribution < -0.4 is 0 Å². The average molecular weight is 915 g/mol. The largest absolute Gasteiger partial charge is 0.447 e. The summed E-state index contributed by atoms with van der Waals surface area (Å²) < 4.78 is 43.1. The predicted octanol–water partition coefficient (Wildman–Crippen LogP) is 6.07. The number of imide groups is 1. The predicted molar refractivity (Wildman–Crippen MR) is 229 cm³/mol. The highest BCUT2D eigenvalue weighted by molar-refractivity contribution is 9.11. The van der Waals surface area contributed by atoms with E-state index in [1.165, 1.54) is 13.2 Å². The van der Waals surface area contributed by atoms with Crippen molar-refractivity contribution in [2.45, 2.75) is 87.5 Å². The van der Waals surface area contributed by atoms with Gasteiger partial charge in [0.2, 0.25) is 5.91 Å². The average Bonchev–Trinajstić information content (AvgIpc) is 3.66. The Morgan fingerprint density at radius 3 is 1.95 bits per heavy atom. The molecule has 7 rings (SSSR count). The van der Waals surface area contributed by atoms with E-state index in [-0.39, 0.29) is 56.8 Å². The van der Waals surface area contributed by atoms with E-state index in [2.05, 4.69) is 15.9 Å². The number of nitrogens with zero attached hydrogens (tertiary/aromatic N) is 1. The van der Waals surface area contributed by atoms with Crippen molar-refractivity contribution in [3.8, 4) is 0 Å². The summed E-state index contributed by atoms with van der Waals surface area (Å²) in [4.78, 5) is 42.6. The van der Waals surface area contributed by atoms with E-state index in [4.69, 9.17) is 33.2 Å². The molecule has 4 aromatic rings. The number of benzene rings is 4. The third kappa shape index (κ3) is 11.1. The summed E-state index contributed by atoms with van der Waals surface area (Å²) in [5, 5.41) is 22.5.